The van der Waals surface area contributed by atoms with Gasteiger partial charge < -0.3 is 39.9 Å². The number of nitrogens with zero attached hydrogens (tertiary/aromatic N) is 2. The van der Waals surface area contributed by atoms with Gasteiger partial charge in [-0.2, -0.15) is 9.29 Å². The summed E-state index contributed by atoms with van der Waals surface area (Å²) < 4.78 is 56.5. The zero-order chi connectivity index (χ0) is 46.0. The van der Waals surface area contributed by atoms with Crippen molar-refractivity contribution in [3.8, 4) is 0 Å². The highest BCUT2D eigenvalue weighted by Crippen LogP contribution is 2.60. The van der Waals surface area contributed by atoms with Gasteiger partial charge in [-0.25, -0.2) is 13.9 Å². The van der Waals surface area contributed by atoms with Crippen LogP contribution in [0.3, 0.4) is 0 Å². The van der Waals surface area contributed by atoms with Gasteiger partial charge in [-0.15, -0.1) is 0 Å². The highest BCUT2D eigenvalue weighted by atomic mass is 31.3. The third-order valence-electron chi connectivity index (χ3n) is 10.5. The molecule has 1 aliphatic heterocycles. The number of carbonyl (C=O) groups excluding carboxylic acids is 2. The first-order valence-electron chi connectivity index (χ1n) is 22.8. The molecular weight excluding hydrogens is 848 g/mol. The Bertz CT molecular complexity index is 1560. The number of nitrogen functional groups attached to an aromatic ring is 1. The molecule has 62 heavy (non-hydrogen) atoms. The molecule has 0 saturated carbocycles. The number of anilines is 1. The van der Waals surface area contributed by atoms with E-state index in [9.17, 15) is 43.5 Å². The van der Waals surface area contributed by atoms with Gasteiger partial charge in [0.1, 0.15) is 30.7 Å². The fourth-order valence-electron chi connectivity index (χ4n) is 6.98. The van der Waals surface area contributed by atoms with E-state index in [-0.39, 0.29) is 18.7 Å². The Balaban J connectivity index is 1.82. The van der Waals surface area contributed by atoms with Crippen LogP contribution < -0.4 is 11.4 Å². The van der Waals surface area contributed by atoms with Crippen LogP contribution in [0.25, 0.3) is 0 Å². The standard InChI is InChI=1S/C42H77N3O15P2/c1-32(2)23-19-15-11-9-7-5-6-8-10-12-18-22-26-38(47)58-34(29-55-37(46)25-21-17-14-13-16-20-24-33(3)4)30-56-61(51,52)60-62(53,54)57-31-35-39(48)40(49)41(59-35)45-28-27-36(43)44-42(45)50/h27-28,32-35,39-41,48-49H,5-26,29-31H2,1-4H3,(H,51,52)(H,53,54)(H2,43,44,50)/t34-,35-,39+,40?,41-/m1/s1. The Labute approximate surface area is 368 Å². The molecule has 1 fully saturated rings. The van der Waals surface area contributed by atoms with Crippen molar-refractivity contribution in [3.63, 3.8) is 0 Å². The molecule has 1 aromatic heterocycles. The third kappa shape index (κ3) is 25.3. The van der Waals surface area contributed by atoms with Crippen LogP contribution in [0.5, 0.6) is 0 Å². The number of unbranched alkanes of at least 4 members (excludes halogenated alkanes) is 16. The number of rotatable bonds is 36. The number of hydrogen-bond acceptors (Lipinski definition) is 15. The molecule has 0 aliphatic carbocycles. The number of hydrogen-bond donors (Lipinski definition) is 5. The van der Waals surface area contributed by atoms with E-state index < -0.39 is 83.7 Å². The van der Waals surface area contributed by atoms with Gasteiger partial charge in [0.05, 0.1) is 13.2 Å². The molecule has 0 radical (unpaired) electrons. The first-order valence-corrected chi connectivity index (χ1v) is 25.8. The van der Waals surface area contributed by atoms with Crippen LogP contribution in [-0.4, -0.2) is 85.7 Å². The second-order valence-electron chi connectivity index (χ2n) is 17.2. The van der Waals surface area contributed by atoms with Crippen LogP contribution >= 0.6 is 15.6 Å². The highest BCUT2D eigenvalue weighted by Gasteiger charge is 2.46. The first-order chi connectivity index (χ1) is 29.4. The molecule has 1 aromatic rings. The summed E-state index contributed by atoms with van der Waals surface area (Å²) in [6.07, 6.45) is 15.4. The second-order valence-corrected chi connectivity index (χ2v) is 20.3. The van der Waals surface area contributed by atoms with Crippen LogP contribution in [0.4, 0.5) is 5.82 Å². The van der Waals surface area contributed by atoms with E-state index in [1.54, 1.807) is 0 Å². The fraction of sp³-hybridized carbons (Fsp3) is 0.857. The van der Waals surface area contributed by atoms with Crippen molar-refractivity contribution in [1.29, 1.82) is 0 Å². The largest absolute Gasteiger partial charge is 0.481 e. The van der Waals surface area contributed by atoms with Crippen LogP contribution in [-0.2, 0) is 46.3 Å². The van der Waals surface area contributed by atoms with Gasteiger partial charge >= 0.3 is 33.3 Å². The summed E-state index contributed by atoms with van der Waals surface area (Å²) in [6.45, 7) is 6.64. The molecule has 6 N–H and O–H groups in total. The minimum absolute atomic E-state index is 0.0551. The number of phosphoric acid groups is 2. The normalized spacial score (nSPS) is 20.3. The summed E-state index contributed by atoms with van der Waals surface area (Å²) in [5.74, 6) is 0.158. The van der Waals surface area contributed by atoms with Gasteiger partial charge in [0, 0.05) is 19.0 Å². The molecule has 0 amide bonds. The predicted molar refractivity (Wildman–Crippen MR) is 234 cm³/mol. The topological polar surface area (TPSA) is 265 Å². The third-order valence-corrected chi connectivity index (χ3v) is 13.1. The lowest BCUT2D eigenvalue weighted by atomic mass is 10.0. The molecule has 360 valence electrons. The lowest BCUT2D eigenvalue weighted by Gasteiger charge is -2.21. The van der Waals surface area contributed by atoms with Crippen molar-refractivity contribution in [1.82, 2.24) is 9.55 Å². The second kappa shape index (κ2) is 30.8. The maximum Gasteiger partial charge on any atom is 0.481 e. The molecule has 1 aliphatic rings. The van der Waals surface area contributed by atoms with Gasteiger partial charge in [0.15, 0.2) is 12.3 Å². The smallest absolute Gasteiger partial charge is 0.462 e. The molecule has 0 bridgehead atoms. The van der Waals surface area contributed by atoms with Crippen molar-refractivity contribution in [2.45, 2.75) is 200 Å². The number of aromatic nitrogens is 2. The van der Waals surface area contributed by atoms with Gasteiger partial charge in [0.25, 0.3) is 0 Å². The number of carbonyl (C=O) groups is 2. The summed E-state index contributed by atoms with van der Waals surface area (Å²) in [5.41, 5.74) is 4.58. The highest BCUT2D eigenvalue weighted by molar-refractivity contribution is 7.61. The Kier molecular flexibility index (Phi) is 27.8. The molecule has 2 heterocycles. The van der Waals surface area contributed by atoms with Crippen molar-refractivity contribution in [2.75, 3.05) is 25.6 Å². The zero-order valence-corrected chi connectivity index (χ0v) is 39.3. The Morgan fingerprint density at radius 2 is 1.19 bits per heavy atom. The zero-order valence-electron chi connectivity index (χ0n) is 37.5. The van der Waals surface area contributed by atoms with Crippen LogP contribution in [0.2, 0.25) is 0 Å². The lowest BCUT2D eigenvalue weighted by molar-refractivity contribution is -0.161. The summed E-state index contributed by atoms with van der Waals surface area (Å²) in [6, 6.07) is 1.25. The number of phosphoric ester groups is 2. The average molecular weight is 926 g/mol. The number of aliphatic hydroxyl groups is 2. The Hall–Kier alpha value is -2.24. The van der Waals surface area contributed by atoms with Crippen molar-refractivity contribution < 1.29 is 66.3 Å². The summed E-state index contributed by atoms with van der Waals surface area (Å²) in [5, 5.41) is 20.8. The van der Waals surface area contributed by atoms with Crippen molar-refractivity contribution in [3.05, 3.63) is 22.7 Å². The minimum Gasteiger partial charge on any atom is -0.462 e. The van der Waals surface area contributed by atoms with E-state index in [0.29, 0.717) is 18.8 Å². The number of ether oxygens (including phenoxy) is 3. The molecule has 18 nitrogen and oxygen atoms in total. The van der Waals surface area contributed by atoms with Crippen LogP contribution in [0.1, 0.15) is 175 Å². The van der Waals surface area contributed by atoms with Crippen LogP contribution in [0.15, 0.2) is 17.1 Å². The maximum absolute atomic E-state index is 12.8. The molecule has 0 aromatic carbocycles. The fourth-order valence-corrected chi connectivity index (χ4v) is 9.09. The SMILES string of the molecule is CC(C)CCCCCCCCCCCCCCC(=O)O[C@H](COC(=O)CCCCCCCCC(C)C)COP(=O)(O)OP(=O)(O)OC[C@H]1O[C@@H](n2ccc(N)nc2=O)C(O)[C@H]1O. The van der Waals surface area contributed by atoms with Crippen molar-refractivity contribution in [2.24, 2.45) is 11.8 Å². The average Bonchev–Trinajstić information content (AvgIpc) is 3.47. The predicted octanol–water partition coefficient (Wildman–Crippen LogP) is 8.04. The van der Waals surface area contributed by atoms with E-state index in [1.165, 1.54) is 70.3 Å². The molecule has 1 saturated heterocycles. The summed E-state index contributed by atoms with van der Waals surface area (Å²) in [4.78, 5) is 61.6. The Morgan fingerprint density at radius 3 is 1.69 bits per heavy atom. The van der Waals surface area contributed by atoms with Gasteiger partial charge in [-0.05, 0) is 30.7 Å². The maximum atomic E-state index is 12.8. The molecule has 3 unspecified atom stereocenters. The first kappa shape index (κ1) is 55.9. The number of aliphatic hydroxyl groups excluding tert-OH is 2. The van der Waals surface area contributed by atoms with E-state index in [4.69, 9.17) is 29.0 Å². The monoisotopic (exact) mass is 925 g/mol. The van der Waals surface area contributed by atoms with E-state index in [2.05, 4.69) is 37.0 Å². The number of nitrogens with two attached hydrogens (primary N) is 1. The minimum atomic E-state index is -5.41. The molecule has 7 atom stereocenters. The van der Waals surface area contributed by atoms with E-state index >= 15 is 0 Å². The van der Waals surface area contributed by atoms with E-state index in [0.717, 1.165) is 68.0 Å². The Morgan fingerprint density at radius 1 is 0.726 bits per heavy atom. The quantitative estimate of drug-likeness (QED) is 0.0242. The molecular formula is C42H77N3O15P2. The molecule has 20 heteroatoms. The number of esters is 2. The van der Waals surface area contributed by atoms with E-state index in [1.807, 2.05) is 0 Å². The lowest BCUT2D eigenvalue weighted by Crippen LogP contribution is -2.36. The molecule has 0 spiro atoms. The summed E-state index contributed by atoms with van der Waals surface area (Å²) in [7, 11) is -10.8. The van der Waals surface area contributed by atoms with Crippen molar-refractivity contribution >= 4 is 33.4 Å². The summed E-state index contributed by atoms with van der Waals surface area (Å²) >= 11 is 0. The van der Waals surface area contributed by atoms with Gasteiger partial charge in [-0.3, -0.25) is 23.2 Å². The van der Waals surface area contributed by atoms with Gasteiger partial charge in [-0.1, -0.05) is 143 Å². The van der Waals surface area contributed by atoms with Crippen LogP contribution in [0, 0.1) is 11.8 Å². The molecule has 2 rings (SSSR count). The van der Waals surface area contributed by atoms with Gasteiger partial charge in [0.2, 0.25) is 0 Å².